The smallest absolute Gasteiger partial charge is 0.134 e. The molecule has 4 heteroatoms. The molecule has 0 amide bonds. The summed E-state index contributed by atoms with van der Waals surface area (Å²) in [4.78, 5) is 0. The van der Waals surface area contributed by atoms with Crippen molar-refractivity contribution in [2.75, 3.05) is 5.73 Å². The SMILES string of the molecule is Nc1ccc(F)cc1-c1ccc(F)cc1F. The molecular formula is C12H8F3N. The molecule has 0 heterocycles. The quantitative estimate of drug-likeness (QED) is 0.737. The summed E-state index contributed by atoms with van der Waals surface area (Å²) in [6, 6.07) is 6.71. The first-order valence-corrected chi connectivity index (χ1v) is 4.58. The molecule has 2 N–H and O–H groups in total. The molecule has 0 fully saturated rings. The van der Waals surface area contributed by atoms with Crippen LogP contribution in [0, 0.1) is 17.5 Å². The van der Waals surface area contributed by atoms with E-state index in [1.807, 2.05) is 0 Å². The van der Waals surface area contributed by atoms with Crippen LogP contribution in [0.4, 0.5) is 18.9 Å². The zero-order valence-corrected chi connectivity index (χ0v) is 8.18. The van der Waals surface area contributed by atoms with E-state index in [9.17, 15) is 13.2 Å². The van der Waals surface area contributed by atoms with Crippen molar-refractivity contribution in [1.29, 1.82) is 0 Å². The first-order valence-electron chi connectivity index (χ1n) is 4.58. The molecule has 0 radical (unpaired) electrons. The molecule has 2 aromatic rings. The molecule has 0 saturated carbocycles. The van der Waals surface area contributed by atoms with Gasteiger partial charge in [0.1, 0.15) is 17.5 Å². The monoisotopic (exact) mass is 223 g/mol. The van der Waals surface area contributed by atoms with E-state index in [1.54, 1.807) is 0 Å². The molecule has 2 rings (SSSR count). The minimum absolute atomic E-state index is 0.0819. The van der Waals surface area contributed by atoms with Gasteiger partial charge in [-0.05, 0) is 30.3 Å². The molecular weight excluding hydrogens is 215 g/mol. The van der Waals surface area contributed by atoms with Gasteiger partial charge in [0.25, 0.3) is 0 Å². The van der Waals surface area contributed by atoms with Gasteiger partial charge in [0.15, 0.2) is 0 Å². The molecule has 1 nitrogen and oxygen atoms in total. The number of halogens is 3. The zero-order valence-electron chi connectivity index (χ0n) is 8.18. The lowest BCUT2D eigenvalue weighted by Crippen LogP contribution is -1.94. The predicted octanol–water partition coefficient (Wildman–Crippen LogP) is 3.35. The molecule has 0 aromatic heterocycles. The summed E-state index contributed by atoms with van der Waals surface area (Å²) in [5, 5.41) is 0. The maximum atomic E-state index is 13.4. The Morgan fingerprint density at radius 1 is 0.750 bits per heavy atom. The summed E-state index contributed by atoms with van der Waals surface area (Å²) in [7, 11) is 0. The van der Waals surface area contributed by atoms with Gasteiger partial charge in [0.05, 0.1) is 0 Å². The Morgan fingerprint density at radius 3 is 2.06 bits per heavy atom. The van der Waals surface area contributed by atoms with E-state index in [4.69, 9.17) is 5.73 Å². The number of anilines is 1. The fourth-order valence-electron chi connectivity index (χ4n) is 1.47. The normalized spacial score (nSPS) is 10.4. The molecule has 0 atom stereocenters. The summed E-state index contributed by atoms with van der Waals surface area (Å²) in [6.45, 7) is 0. The van der Waals surface area contributed by atoms with E-state index >= 15 is 0 Å². The zero-order chi connectivity index (χ0) is 11.7. The van der Waals surface area contributed by atoms with Crippen molar-refractivity contribution in [3.63, 3.8) is 0 Å². The first kappa shape index (κ1) is 10.5. The maximum Gasteiger partial charge on any atom is 0.134 e. The lowest BCUT2D eigenvalue weighted by Gasteiger charge is -2.07. The second-order valence-electron chi connectivity index (χ2n) is 3.36. The largest absolute Gasteiger partial charge is 0.398 e. The van der Waals surface area contributed by atoms with E-state index in [2.05, 4.69) is 0 Å². The lowest BCUT2D eigenvalue weighted by atomic mass is 10.0. The van der Waals surface area contributed by atoms with Crippen LogP contribution in [-0.2, 0) is 0 Å². The van der Waals surface area contributed by atoms with Crippen LogP contribution in [0.15, 0.2) is 36.4 Å². The second-order valence-corrected chi connectivity index (χ2v) is 3.36. The molecule has 0 saturated heterocycles. The van der Waals surface area contributed by atoms with Crippen molar-refractivity contribution in [3.05, 3.63) is 53.8 Å². The highest BCUT2D eigenvalue weighted by Crippen LogP contribution is 2.29. The number of rotatable bonds is 1. The molecule has 2 aromatic carbocycles. The van der Waals surface area contributed by atoms with Crippen molar-refractivity contribution in [2.24, 2.45) is 0 Å². The summed E-state index contributed by atoms with van der Waals surface area (Å²) in [6.07, 6.45) is 0. The van der Waals surface area contributed by atoms with Crippen LogP contribution in [0.25, 0.3) is 11.1 Å². The van der Waals surface area contributed by atoms with Gasteiger partial charge < -0.3 is 5.73 Å². The third-order valence-corrected chi connectivity index (χ3v) is 2.24. The Labute approximate surface area is 90.3 Å². The molecule has 0 aliphatic carbocycles. The van der Waals surface area contributed by atoms with Crippen LogP contribution in [0.2, 0.25) is 0 Å². The van der Waals surface area contributed by atoms with Gasteiger partial charge in [0, 0.05) is 22.9 Å². The minimum atomic E-state index is -0.766. The van der Waals surface area contributed by atoms with Gasteiger partial charge >= 0.3 is 0 Å². The van der Waals surface area contributed by atoms with Gasteiger partial charge in [-0.2, -0.15) is 0 Å². The van der Waals surface area contributed by atoms with E-state index in [0.717, 1.165) is 18.2 Å². The first-order chi connectivity index (χ1) is 7.58. The van der Waals surface area contributed by atoms with Gasteiger partial charge in [-0.15, -0.1) is 0 Å². The summed E-state index contributed by atoms with van der Waals surface area (Å²) in [5.41, 5.74) is 6.15. The average Bonchev–Trinajstić information content (AvgIpc) is 2.22. The highest BCUT2D eigenvalue weighted by atomic mass is 19.1. The van der Waals surface area contributed by atoms with Crippen LogP contribution in [0.5, 0.6) is 0 Å². The Morgan fingerprint density at radius 2 is 1.38 bits per heavy atom. The van der Waals surface area contributed by atoms with E-state index in [-0.39, 0.29) is 16.8 Å². The lowest BCUT2D eigenvalue weighted by molar-refractivity contribution is 0.585. The number of benzene rings is 2. The van der Waals surface area contributed by atoms with Crippen LogP contribution < -0.4 is 5.73 Å². The molecule has 16 heavy (non-hydrogen) atoms. The Balaban J connectivity index is 2.62. The predicted molar refractivity (Wildman–Crippen MR) is 56.2 cm³/mol. The van der Waals surface area contributed by atoms with Crippen molar-refractivity contribution in [3.8, 4) is 11.1 Å². The van der Waals surface area contributed by atoms with Crippen LogP contribution in [0.1, 0.15) is 0 Å². The Bertz CT molecular complexity index is 538. The fourth-order valence-corrected chi connectivity index (χ4v) is 1.47. The third kappa shape index (κ3) is 1.86. The summed E-state index contributed by atoms with van der Waals surface area (Å²) in [5.74, 6) is -1.97. The Kier molecular flexibility index (Phi) is 2.56. The molecule has 0 spiro atoms. The van der Waals surface area contributed by atoms with Crippen molar-refractivity contribution >= 4 is 5.69 Å². The molecule has 0 aliphatic rings. The fraction of sp³-hybridized carbons (Fsp3) is 0. The number of nitrogens with two attached hydrogens (primary N) is 1. The van der Waals surface area contributed by atoms with E-state index < -0.39 is 17.5 Å². The highest BCUT2D eigenvalue weighted by molar-refractivity contribution is 5.76. The highest BCUT2D eigenvalue weighted by Gasteiger charge is 2.10. The molecule has 0 unspecified atom stereocenters. The standard InChI is InChI=1S/C12H8F3N/c13-7-2-4-12(16)10(5-7)9-3-1-8(14)6-11(9)15/h1-6H,16H2. The maximum absolute atomic E-state index is 13.4. The van der Waals surface area contributed by atoms with Crippen molar-refractivity contribution in [1.82, 2.24) is 0 Å². The summed E-state index contributed by atoms with van der Waals surface area (Å²) < 4.78 is 39.1. The van der Waals surface area contributed by atoms with E-state index in [1.165, 1.54) is 18.2 Å². The van der Waals surface area contributed by atoms with Gasteiger partial charge in [0.2, 0.25) is 0 Å². The number of nitrogen functional groups attached to an aromatic ring is 1. The number of hydrogen-bond donors (Lipinski definition) is 1. The molecule has 0 aliphatic heterocycles. The van der Waals surface area contributed by atoms with Crippen LogP contribution in [-0.4, -0.2) is 0 Å². The Hall–Kier alpha value is -1.97. The van der Waals surface area contributed by atoms with Gasteiger partial charge in [-0.3, -0.25) is 0 Å². The second kappa shape index (κ2) is 3.89. The van der Waals surface area contributed by atoms with E-state index in [0.29, 0.717) is 0 Å². The van der Waals surface area contributed by atoms with Gasteiger partial charge in [-0.25, -0.2) is 13.2 Å². The van der Waals surface area contributed by atoms with Crippen molar-refractivity contribution in [2.45, 2.75) is 0 Å². The topological polar surface area (TPSA) is 26.0 Å². The van der Waals surface area contributed by atoms with Crippen molar-refractivity contribution < 1.29 is 13.2 Å². The average molecular weight is 223 g/mol. The minimum Gasteiger partial charge on any atom is -0.398 e. The summed E-state index contributed by atoms with van der Waals surface area (Å²) >= 11 is 0. The number of hydrogen-bond acceptors (Lipinski definition) is 1. The molecule has 0 bridgehead atoms. The van der Waals surface area contributed by atoms with Gasteiger partial charge in [-0.1, -0.05) is 0 Å². The van der Waals surface area contributed by atoms with Crippen LogP contribution in [0.3, 0.4) is 0 Å². The van der Waals surface area contributed by atoms with Crippen LogP contribution >= 0.6 is 0 Å². The molecule has 82 valence electrons. The third-order valence-electron chi connectivity index (χ3n) is 2.24.